The Hall–Kier alpha value is -5.23. The number of nitrogens with zero attached hydrogens (tertiary/aromatic N) is 4. The molecule has 1 amide bonds. The first-order chi connectivity index (χ1) is 23.8. The molecule has 1 aliphatic rings. The van der Waals surface area contributed by atoms with Crippen LogP contribution < -0.4 is 24.3 Å². The van der Waals surface area contributed by atoms with E-state index in [1.165, 1.54) is 28.9 Å². The number of hydrogen-bond acceptors (Lipinski definition) is 8. The summed E-state index contributed by atoms with van der Waals surface area (Å²) in [5, 5.41) is 7.68. The smallest absolute Gasteiger partial charge is 0.280 e. The fourth-order valence-electron chi connectivity index (χ4n) is 5.91. The van der Waals surface area contributed by atoms with Crippen molar-refractivity contribution in [3.63, 3.8) is 0 Å². The number of aromatic nitrogens is 3. The van der Waals surface area contributed by atoms with Gasteiger partial charge in [0.15, 0.2) is 34.5 Å². The van der Waals surface area contributed by atoms with Crippen molar-refractivity contribution in [1.82, 2.24) is 19.7 Å². The number of aryl methyl sites for hydroxylation is 1. The van der Waals surface area contributed by atoms with Gasteiger partial charge in [0.1, 0.15) is 11.6 Å². The van der Waals surface area contributed by atoms with Gasteiger partial charge in [-0.15, -0.1) is 0 Å². The number of halogens is 2. The predicted octanol–water partition coefficient (Wildman–Crippen LogP) is 7.57. The Bertz CT molecular complexity index is 1960. The van der Waals surface area contributed by atoms with E-state index in [9.17, 15) is 9.18 Å². The fourth-order valence-corrected chi connectivity index (χ4v) is 5.91. The van der Waals surface area contributed by atoms with Crippen LogP contribution in [0.2, 0.25) is 0 Å². The molecule has 0 saturated carbocycles. The summed E-state index contributed by atoms with van der Waals surface area (Å²) in [4.78, 5) is 20.2. The molecule has 0 atom stereocenters. The molecule has 256 valence electrons. The van der Waals surface area contributed by atoms with E-state index < -0.39 is 11.7 Å². The minimum Gasteiger partial charge on any atom is -0.493 e. The van der Waals surface area contributed by atoms with Crippen LogP contribution in [0.1, 0.15) is 42.7 Å². The normalized spacial score (nSPS) is 13.8. The maximum Gasteiger partial charge on any atom is 0.280 e. The largest absolute Gasteiger partial charge is 0.493 e. The summed E-state index contributed by atoms with van der Waals surface area (Å²) in [5.41, 5.74) is 2.01. The van der Waals surface area contributed by atoms with Crippen molar-refractivity contribution >= 4 is 22.5 Å². The van der Waals surface area contributed by atoms with E-state index in [0.29, 0.717) is 51.9 Å². The summed E-state index contributed by atoms with van der Waals surface area (Å²) in [6, 6.07) is 13.6. The third-order valence-electron chi connectivity index (χ3n) is 8.63. The molecular formula is C37H39F2N5O5. The monoisotopic (exact) mass is 671 g/mol. The van der Waals surface area contributed by atoms with Gasteiger partial charge in [-0.1, -0.05) is 6.92 Å². The molecule has 1 N–H and O–H groups in total. The second-order valence-corrected chi connectivity index (χ2v) is 11.9. The SMILES string of the molecule is CCOc1cn(-c2ccc(F)cc2C)nc1C(=O)Nc1ccc(Oc2ccnc3cc(OCC4CCN(CC)CC4)c(OC)cc23)c(F)c1. The molecule has 1 aliphatic heterocycles. The molecule has 5 aromatic rings. The van der Waals surface area contributed by atoms with Crippen LogP contribution >= 0.6 is 0 Å². The van der Waals surface area contributed by atoms with Gasteiger partial charge in [-0.25, -0.2) is 13.5 Å². The van der Waals surface area contributed by atoms with Crippen molar-refractivity contribution in [2.24, 2.45) is 5.92 Å². The van der Waals surface area contributed by atoms with Crippen LogP contribution in [-0.4, -0.2) is 65.5 Å². The highest BCUT2D eigenvalue weighted by molar-refractivity contribution is 6.04. The molecule has 0 radical (unpaired) electrons. The summed E-state index contributed by atoms with van der Waals surface area (Å²) < 4.78 is 54.0. The molecule has 3 heterocycles. The van der Waals surface area contributed by atoms with Gasteiger partial charge in [0.2, 0.25) is 0 Å². The molecule has 1 saturated heterocycles. The number of hydrogen-bond donors (Lipinski definition) is 1. The number of ether oxygens (including phenoxy) is 4. The second-order valence-electron chi connectivity index (χ2n) is 11.9. The third-order valence-corrected chi connectivity index (χ3v) is 8.63. The van der Waals surface area contributed by atoms with Crippen molar-refractivity contribution < 1.29 is 32.5 Å². The number of anilines is 1. The topological polar surface area (TPSA) is 100.0 Å². The van der Waals surface area contributed by atoms with Gasteiger partial charge in [-0.05, 0) is 100 Å². The Morgan fingerprint density at radius 2 is 1.76 bits per heavy atom. The molecule has 3 aromatic carbocycles. The number of pyridine rings is 1. The van der Waals surface area contributed by atoms with Crippen LogP contribution in [0.4, 0.5) is 14.5 Å². The zero-order chi connectivity index (χ0) is 34.5. The van der Waals surface area contributed by atoms with E-state index in [0.717, 1.165) is 38.5 Å². The highest BCUT2D eigenvalue weighted by Crippen LogP contribution is 2.38. The Balaban J connectivity index is 1.17. The highest BCUT2D eigenvalue weighted by Gasteiger charge is 2.22. The number of carbonyl (C=O) groups excluding carboxylic acids is 1. The number of amides is 1. The molecule has 0 aliphatic carbocycles. The van der Waals surface area contributed by atoms with Crippen molar-refractivity contribution in [3.8, 4) is 34.4 Å². The minimum absolute atomic E-state index is 0.00580. The molecule has 0 spiro atoms. The van der Waals surface area contributed by atoms with Gasteiger partial charge >= 0.3 is 0 Å². The third kappa shape index (κ3) is 7.59. The molecule has 49 heavy (non-hydrogen) atoms. The van der Waals surface area contributed by atoms with Gasteiger partial charge in [0, 0.05) is 29.4 Å². The van der Waals surface area contributed by atoms with Gasteiger partial charge in [-0.2, -0.15) is 5.10 Å². The van der Waals surface area contributed by atoms with Crippen molar-refractivity contribution in [3.05, 3.63) is 89.9 Å². The number of likely N-dealkylation sites (tertiary alicyclic amines) is 1. The van der Waals surface area contributed by atoms with Gasteiger partial charge < -0.3 is 29.2 Å². The molecule has 12 heteroatoms. The van der Waals surface area contributed by atoms with Crippen LogP contribution in [-0.2, 0) is 0 Å². The number of fused-ring (bicyclic) bond motifs is 1. The second kappa shape index (κ2) is 14.9. The molecule has 0 unspecified atom stereocenters. The molecular weight excluding hydrogens is 632 g/mol. The maximum absolute atomic E-state index is 15.4. The Morgan fingerprint density at radius 3 is 2.47 bits per heavy atom. The number of rotatable bonds is 12. The van der Waals surface area contributed by atoms with E-state index in [1.54, 1.807) is 51.6 Å². The number of carbonyl (C=O) groups is 1. The summed E-state index contributed by atoms with van der Waals surface area (Å²) in [7, 11) is 1.57. The molecule has 2 aromatic heterocycles. The number of benzene rings is 3. The predicted molar refractivity (Wildman–Crippen MR) is 182 cm³/mol. The summed E-state index contributed by atoms with van der Waals surface area (Å²) in [5.74, 6) is 0.469. The van der Waals surface area contributed by atoms with Crippen LogP contribution in [0.15, 0.2) is 67.0 Å². The lowest BCUT2D eigenvalue weighted by atomic mass is 9.98. The first kappa shape index (κ1) is 33.7. The summed E-state index contributed by atoms with van der Waals surface area (Å²) in [6.07, 6.45) is 5.31. The Labute approximate surface area is 283 Å². The quantitative estimate of drug-likeness (QED) is 0.145. The van der Waals surface area contributed by atoms with Crippen LogP contribution in [0.25, 0.3) is 16.6 Å². The molecule has 1 fully saturated rings. The zero-order valence-corrected chi connectivity index (χ0v) is 28.0. The van der Waals surface area contributed by atoms with E-state index in [1.807, 2.05) is 6.07 Å². The summed E-state index contributed by atoms with van der Waals surface area (Å²) >= 11 is 0. The Kier molecular flexibility index (Phi) is 10.2. The van der Waals surface area contributed by atoms with Gasteiger partial charge in [0.25, 0.3) is 5.91 Å². The lowest BCUT2D eigenvalue weighted by Crippen LogP contribution is -2.35. The number of methoxy groups -OCH3 is 1. The summed E-state index contributed by atoms with van der Waals surface area (Å²) in [6.45, 7) is 9.79. The highest BCUT2D eigenvalue weighted by atomic mass is 19.1. The minimum atomic E-state index is -0.693. The van der Waals surface area contributed by atoms with Gasteiger partial charge in [-0.3, -0.25) is 9.78 Å². The van der Waals surface area contributed by atoms with Gasteiger partial charge in [0.05, 0.1) is 37.7 Å². The van der Waals surface area contributed by atoms with Crippen LogP contribution in [0, 0.1) is 24.5 Å². The molecule has 6 rings (SSSR count). The van der Waals surface area contributed by atoms with Crippen LogP contribution in [0.3, 0.4) is 0 Å². The van der Waals surface area contributed by atoms with E-state index in [4.69, 9.17) is 18.9 Å². The standard InChI is InChI=1S/C37H39F2N5O5/c1-5-43-15-12-24(13-16-43)22-48-34-20-29-27(19-33(34)46-4)31(11-14-40-29)49-32-10-8-26(18-28(32)39)41-37(45)36-35(47-6-2)21-44(42-36)30-9-7-25(38)17-23(30)3/h7-11,14,17-21,24H,5-6,12-13,15-16,22H2,1-4H3,(H,41,45). The zero-order valence-electron chi connectivity index (χ0n) is 28.0. The lowest BCUT2D eigenvalue weighted by molar-refractivity contribution is 0.101. The average Bonchev–Trinajstić information content (AvgIpc) is 3.52. The van der Waals surface area contributed by atoms with Crippen molar-refractivity contribution in [1.29, 1.82) is 0 Å². The van der Waals surface area contributed by atoms with E-state index in [-0.39, 0.29) is 35.3 Å². The maximum atomic E-state index is 15.4. The average molecular weight is 672 g/mol. The number of piperidine rings is 1. The van der Waals surface area contributed by atoms with Crippen molar-refractivity contribution in [2.45, 2.75) is 33.6 Å². The molecule has 0 bridgehead atoms. The molecule has 10 nitrogen and oxygen atoms in total. The fraction of sp³-hybridized carbons (Fsp3) is 0.324. The first-order valence-corrected chi connectivity index (χ1v) is 16.4. The lowest BCUT2D eigenvalue weighted by Gasteiger charge is -2.30. The first-order valence-electron chi connectivity index (χ1n) is 16.4. The van der Waals surface area contributed by atoms with E-state index >= 15 is 4.39 Å². The number of nitrogens with one attached hydrogen (secondary N) is 1. The van der Waals surface area contributed by atoms with Crippen LogP contribution in [0.5, 0.6) is 28.7 Å². The Morgan fingerprint density at radius 1 is 0.939 bits per heavy atom. The van der Waals surface area contributed by atoms with Crippen molar-refractivity contribution in [2.75, 3.05) is 45.3 Å². The van der Waals surface area contributed by atoms with E-state index in [2.05, 4.69) is 27.2 Å².